The van der Waals surface area contributed by atoms with Crippen LogP contribution in [-0.4, -0.2) is 35.8 Å². The van der Waals surface area contributed by atoms with E-state index >= 15 is 0 Å². The Morgan fingerprint density at radius 3 is 2.39 bits per heavy atom. The van der Waals surface area contributed by atoms with Crippen molar-refractivity contribution in [3.63, 3.8) is 0 Å². The van der Waals surface area contributed by atoms with Crippen molar-refractivity contribution >= 4 is 16.0 Å². The Balaban J connectivity index is 2.23. The number of sulfonamides is 1. The van der Waals surface area contributed by atoms with Crippen LogP contribution in [0.15, 0.2) is 17.3 Å². The van der Waals surface area contributed by atoms with Gasteiger partial charge in [0.2, 0.25) is 16.0 Å². The average Bonchev–Trinajstić information content (AvgIpc) is 2.91. The molecule has 1 aromatic rings. The van der Waals surface area contributed by atoms with Crippen LogP contribution in [-0.2, 0) is 10.0 Å². The lowest BCUT2D eigenvalue weighted by molar-refractivity contribution is 0.372. The summed E-state index contributed by atoms with van der Waals surface area (Å²) in [7, 11) is -1.90. The molecule has 0 radical (unpaired) electrons. The first-order valence-corrected chi connectivity index (χ1v) is 7.26. The standard InChI is InChI=1S/C10H17N5O2S/c1-15(8-4-2-3-5-8)18(16,17)9-6-12-10(14-11)13-7-9/h6-8H,2-5,11H2,1H3,(H,12,13,14). The van der Waals surface area contributed by atoms with Crippen LogP contribution in [0.1, 0.15) is 25.7 Å². The van der Waals surface area contributed by atoms with E-state index in [1.54, 1.807) is 7.05 Å². The molecule has 1 saturated carbocycles. The molecule has 1 fully saturated rings. The molecule has 2 rings (SSSR count). The van der Waals surface area contributed by atoms with Crippen molar-refractivity contribution in [3.8, 4) is 0 Å². The quantitative estimate of drug-likeness (QED) is 0.604. The van der Waals surface area contributed by atoms with E-state index < -0.39 is 10.0 Å². The number of nitrogens with one attached hydrogen (secondary N) is 1. The van der Waals surface area contributed by atoms with Crippen LogP contribution in [0.4, 0.5) is 5.95 Å². The highest BCUT2D eigenvalue weighted by molar-refractivity contribution is 7.89. The number of aromatic nitrogens is 2. The van der Waals surface area contributed by atoms with Gasteiger partial charge >= 0.3 is 0 Å². The van der Waals surface area contributed by atoms with Gasteiger partial charge in [-0.15, -0.1) is 0 Å². The topological polar surface area (TPSA) is 101 Å². The van der Waals surface area contributed by atoms with E-state index in [0.717, 1.165) is 25.7 Å². The van der Waals surface area contributed by atoms with E-state index in [4.69, 9.17) is 5.84 Å². The summed E-state index contributed by atoms with van der Waals surface area (Å²) in [5.41, 5.74) is 2.26. The summed E-state index contributed by atoms with van der Waals surface area (Å²) in [5.74, 6) is 5.33. The van der Waals surface area contributed by atoms with Crippen molar-refractivity contribution in [2.24, 2.45) is 5.84 Å². The molecular weight excluding hydrogens is 254 g/mol. The summed E-state index contributed by atoms with van der Waals surface area (Å²) in [5, 5.41) is 0. The molecule has 18 heavy (non-hydrogen) atoms. The maximum Gasteiger partial charge on any atom is 0.246 e. The van der Waals surface area contributed by atoms with Gasteiger partial charge in [0.1, 0.15) is 4.90 Å². The molecule has 0 bridgehead atoms. The molecule has 0 unspecified atom stereocenters. The van der Waals surface area contributed by atoms with Gasteiger partial charge in [-0.05, 0) is 12.8 Å². The van der Waals surface area contributed by atoms with E-state index in [-0.39, 0.29) is 16.9 Å². The minimum Gasteiger partial charge on any atom is -0.292 e. The first-order chi connectivity index (χ1) is 8.55. The zero-order valence-corrected chi connectivity index (χ0v) is 11.0. The first kappa shape index (κ1) is 13.2. The second-order valence-electron chi connectivity index (χ2n) is 4.35. The minimum atomic E-state index is -3.51. The Morgan fingerprint density at radius 1 is 1.33 bits per heavy atom. The van der Waals surface area contributed by atoms with Gasteiger partial charge in [0.25, 0.3) is 0 Å². The highest BCUT2D eigenvalue weighted by Gasteiger charge is 2.30. The molecule has 0 saturated heterocycles. The Labute approximate surface area is 106 Å². The molecule has 1 aliphatic carbocycles. The molecule has 0 aromatic carbocycles. The zero-order valence-electron chi connectivity index (χ0n) is 10.2. The fraction of sp³-hybridized carbons (Fsp3) is 0.600. The Morgan fingerprint density at radius 2 is 1.89 bits per heavy atom. The second kappa shape index (κ2) is 5.17. The van der Waals surface area contributed by atoms with Gasteiger partial charge in [-0.3, -0.25) is 5.43 Å². The summed E-state index contributed by atoms with van der Waals surface area (Å²) in [6.45, 7) is 0. The van der Waals surface area contributed by atoms with Gasteiger partial charge in [-0.25, -0.2) is 24.2 Å². The van der Waals surface area contributed by atoms with Gasteiger partial charge in [0.05, 0.1) is 12.4 Å². The Bertz CT molecular complexity index is 496. The Kier molecular flexibility index (Phi) is 3.79. The predicted molar refractivity (Wildman–Crippen MR) is 67.0 cm³/mol. The lowest BCUT2D eigenvalue weighted by Crippen LogP contribution is -2.35. The fourth-order valence-corrected chi connectivity index (χ4v) is 3.46. The summed E-state index contributed by atoms with van der Waals surface area (Å²) >= 11 is 0. The molecule has 100 valence electrons. The molecule has 1 aliphatic rings. The van der Waals surface area contributed by atoms with E-state index in [9.17, 15) is 8.42 Å². The van der Waals surface area contributed by atoms with Gasteiger partial charge in [0, 0.05) is 13.1 Å². The molecule has 3 N–H and O–H groups in total. The number of nitrogens with two attached hydrogens (primary N) is 1. The average molecular weight is 271 g/mol. The molecule has 0 aliphatic heterocycles. The smallest absolute Gasteiger partial charge is 0.246 e. The van der Waals surface area contributed by atoms with E-state index in [2.05, 4.69) is 15.4 Å². The number of nitrogen functional groups attached to an aromatic ring is 1. The van der Waals surface area contributed by atoms with Gasteiger partial charge in [0.15, 0.2) is 0 Å². The third kappa shape index (κ3) is 2.45. The largest absolute Gasteiger partial charge is 0.292 e. The Hall–Kier alpha value is -1.25. The summed E-state index contributed by atoms with van der Waals surface area (Å²) in [6, 6.07) is 0.0855. The molecular formula is C10H17N5O2S. The molecule has 1 aromatic heterocycles. The van der Waals surface area contributed by atoms with Crippen molar-refractivity contribution in [2.75, 3.05) is 12.5 Å². The monoisotopic (exact) mass is 271 g/mol. The normalized spacial score (nSPS) is 17.3. The van der Waals surface area contributed by atoms with Crippen LogP contribution in [0.3, 0.4) is 0 Å². The van der Waals surface area contributed by atoms with Crippen LogP contribution in [0, 0.1) is 0 Å². The second-order valence-corrected chi connectivity index (χ2v) is 6.34. The predicted octanol–water partition coefficient (Wildman–Crippen LogP) is 0.325. The number of hydrogen-bond acceptors (Lipinski definition) is 6. The van der Waals surface area contributed by atoms with E-state index in [1.165, 1.54) is 16.7 Å². The number of hydrogen-bond donors (Lipinski definition) is 2. The van der Waals surface area contributed by atoms with Gasteiger partial charge in [-0.2, -0.15) is 4.31 Å². The zero-order chi connectivity index (χ0) is 13.2. The van der Waals surface area contributed by atoms with Crippen LogP contribution >= 0.6 is 0 Å². The highest BCUT2D eigenvalue weighted by Crippen LogP contribution is 2.26. The first-order valence-electron chi connectivity index (χ1n) is 5.82. The summed E-state index contributed by atoms with van der Waals surface area (Å²) < 4.78 is 26.1. The SMILES string of the molecule is CN(C1CCCC1)S(=O)(=O)c1cnc(NN)nc1. The van der Waals surface area contributed by atoms with Gasteiger partial charge < -0.3 is 0 Å². The van der Waals surface area contributed by atoms with E-state index in [0.29, 0.717) is 0 Å². The number of rotatable bonds is 4. The maximum absolute atomic E-state index is 12.3. The number of nitrogens with zero attached hydrogens (tertiary/aromatic N) is 3. The van der Waals surface area contributed by atoms with Crippen molar-refractivity contribution in [1.82, 2.24) is 14.3 Å². The fourth-order valence-electron chi connectivity index (χ4n) is 2.15. The molecule has 0 amide bonds. The van der Waals surface area contributed by atoms with Crippen LogP contribution in [0.5, 0.6) is 0 Å². The summed E-state index contributed by atoms with van der Waals surface area (Å²) in [6.07, 6.45) is 6.53. The lowest BCUT2D eigenvalue weighted by Gasteiger charge is -2.23. The van der Waals surface area contributed by atoms with Crippen molar-refractivity contribution in [1.29, 1.82) is 0 Å². The minimum absolute atomic E-state index is 0.0855. The molecule has 8 heteroatoms. The third-order valence-corrected chi connectivity index (χ3v) is 5.14. The number of hydrazine groups is 1. The summed E-state index contributed by atoms with van der Waals surface area (Å²) in [4.78, 5) is 7.73. The lowest BCUT2D eigenvalue weighted by atomic mass is 10.3. The van der Waals surface area contributed by atoms with Gasteiger partial charge in [-0.1, -0.05) is 12.8 Å². The molecule has 7 nitrogen and oxygen atoms in total. The van der Waals surface area contributed by atoms with Crippen molar-refractivity contribution in [2.45, 2.75) is 36.6 Å². The van der Waals surface area contributed by atoms with Crippen LogP contribution < -0.4 is 11.3 Å². The highest BCUT2D eigenvalue weighted by atomic mass is 32.2. The maximum atomic E-state index is 12.3. The molecule has 1 heterocycles. The van der Waals surface area contributed by atoms with E-state index in [1.807, 2.05) is 0 Å². The van der Waals surface area contributed by atoms with Crippen LogP contribution in [0.25, 0.3) is 0 Å². The molecule has 0 atom stereocenters. The third-order valence-electron chi connectivity index (χ3n) is 3.27. The van der Waals surface area contributed by atoms with Crippen molar-refractivity contribution in [3.05, 3.63) is 12.4 Å². The molecule has 0 spiro atoms. The van der Waals surface area contributed by atoms with Crippen LogP contribution in [0.2, 0.25) is 0 Å². The number of anilines is 1. The van der Waals surface area contributed by atoms with Crippen molar-refractivity contribution < 1.29 is 8.42 Å².